The zero-order chi connectivity index (χ0) is 15.9. The molecule has 0 fully saturated rings. The summed E-state index contributed by atoms with van der Waals surface area (Å²) in [7, 11) is 0. The van der Waals surface area contributed by atoms with Crippen LogP contribution < -0.4 is 5.32 Å². The van der Waals surface area contributed by atoms with Crippen LogP contribution >= 0.6 is 11.6 Å². The molecule has 0 aromatic heterocycles. The molecule has 0 radical (unpaired) electrons. The van der Waals surface area contributed by atoms with Crippen LogP contribution in [0.3, 0.4) is 0 Å². The SMILES string of the molecule is CC(C)N(CC(=O)Nc1cccc(Cl)c1)Cc1ccccc1. The van der Waals surface area contributed by atoms with Gasteiger partial charge in [-0.3, -0.25) is 9.69 Å². The van der Waals surface area contributed by atoms with Crippen LogP contribution in [0.5, 0.6) is 0 Å². The molecule has 0 spiro atoms. The molecule has 0 unspecified atom stereocenters. The van der Waals surface area contributed by atoms with Crippen LogP contribution in [0, 0.1) is 0 Å². The first-order chi connectivity index (χ1) is 10.5. The predicted octanol–water partition coefficient (Wildman–Crippen LogP) is 4.19. The third-order valence-corrected chi connectivity index (χ3v) is 3.65. The fourth-order valence-corrected chi connectivity index (χ4v) is 2.38. The Balaban J connectivity index is 1.97. The van der Waals surface area contributed by atoms with Crippen LogP contribution in [0.15, 0.2) is 54.6 Å². The summed E-state index contributed by atoms with van der Waals surface area (Å²) in [5.41, 5.74) is 1.92. The molecule has 22 heavy (non-hydrogen) atoms. The van der Waals surface area contributed by atoms with Gasteiger partial charge in [-0.2, -0.15) is 0 Å². The van der Waals surface area contributed by atoms with Gasteiger partial charge in [0.2, 0.25) is 5.91 Å². The highest BCUT2D eigenvalue weighted by atomic mass is 35.5. The van der Waals surface area contributed by atoms with Gasteiger partial charge < -0.3 is 5.32 Å². The number of nitrogens with zero attached hydrogens (tertiary/aromatic N) is 1. The second kappa shape index (κ2) is 7.97. The van der Waals surface area contributed by atoms with E-state index in [9.17, 15) is 4.79 Å². The van der Waals surface area contributed by atoms with E-state index in [2.05, 4.69) is 36.2 Å². The van der Waals surface area contributed by atoms with Gasteiger partial charge in [0.05, 0.1) is 6.54 Å². The van der Waals surface area contributed by atoms with Crippen LogP contribution in [0.25, 0.3) is 0 Å². The van der Waals surface area contributed by atoms with Crippen molar-refractivity contribution in [3.8, 4) is 0 Å². The smallest absolute Gasteiger partial charge is 0.238 e. The predicted molar refractivity (Wildman–Crippen MR) is 92.1 cm³/mol. The van der Waals surface area contributed by atoms with Gasteiger partial charge in [-0.25, -0.2) is 0 Å². The van der Waals surface area contributed by atoms with E-state index in [-0.39, 0.29) is 11.9 Å². The summed E-state index contributed by atoms with van der Waals surface area (Å²) in [6.45, 7) is 5.28. The number of hydrogen-bond donors (Lipinski definition) is 1. The zero-order valence-electron chi connectivity index (χ0n) is 12.9. The summed E-state index contributed by atoms with van der Waals surface area (Å²) in [5.74, 6) is -0.0353. The van der Waals surface area contributed by atoms with E-state index in [1.54, 1.807) is 12.1 Å². The molecule has 1 N–H and O–H groups in total. The quantitative estimate of drug-likeness (QED) is 0.866. The van der Waals surface area contributed by atoms with E-state index in [1.165, 1.54) is 5.56 Å². The largest absolute Gasteiger partial charge is 0.325 e. The minimum Gasteiger partial charge on any atom is -0.325 e. The van der Waals surface area contributed by atoms with E-state index in [1.807, 2.05) is 30.3 Å². The van der Waals surface area contributed by atoms with Crippen molar-refractivity contribution in [2.45, 2.75) is 26.4 Å². The molecule has 0 saturated heterocycles. The Labute approximate surface area is 136 Å². The van der Waals surface area contributed by atoms with Gasteiger partial charge in [-0.15, -0.1) is 0 Å². The Morgan fingerprint density at radius 2 is 1.86 bits per heavy atom. The van der Waals surface area contributed by atoms with E-state index in [0.29, 0.717) is 11.6 Å². The number of nitrogens with one attached hydrogen (secondary N) is 1. The van der Waals surface area contributed by atoms with Crippen molar-refractivity contribution in [1.29, 1.82) is 0 Å². The standard InChI is InChI=1S/C18H21ClN2O/c1-14(2)21(12-15-7-4-3-5-8-15)13-18(22)20-17-10-6-9-16(19)11-17/h3-11,14H,12-13H2,1-2H3,(H,20,22). The fourth-order valence-electron chi connectivity index (χ4n) is 2.19. The number of amides is 1. The maximum atomic E-state index is 12.2. The third kappa shape index (κ3) is 5.17. The van der Waals surface area contributed by atoms with Crippen molar-refractivity contribution < 1.29 is 4.79 Å². The average Bonchev–Trinajstić information content (AvgIpc) is 2.47. The Kier molecular flexibility index (Phi) is 5.99. The maximum absolute atomic E-state index is 12.2. The van der Waals surface area contributed by atoms with E-state index in [4.69, 9.17) is 11.6 Å². The van der Waals surface area contributed by atoms with E-state index >= 15 is 0 Å². The highest BCUT2D eigenvalue weighted by Crippen LogP contribution is 2.15. The van der Waals surface area contributed by atoms with Crippen molar-refractivity contribution >= 4 is 23.2 Å². The van der Waals surface area contributed by atoms with Crippen molar-refractivity contribution in [1.82, 2.24) is 4.90 Å². The molecule has 1 amide bonds. The second-order valence-corrected chi connectivity index (χ2v) is 5.98. The minimum absolute atomic E-state index is 0.0353. The number of anilines is 1. The zero-order valence-corrected chi connectivity index (χ0v) is 13.7. The van der Waals surface area contributed by atoms with Gasteiger partial charge in [-0.05, 0) is 37.6 Å². The van der Waals surface area contributed by atoms with Gasteiger partial charge in [0.1, 0.15) is 0 Å². The first-order valence-corrected chi connectivity index (χ1v) is 7.76. The minimum atomic E-state index is -0.0353. The van der Waals surface area contributed by atoms with Gasteiger partial charge in [-0.1, -0.05) is 48.0 Å². The molecule has 4 heteroatoms. The second-order valence-electron chi connectivity index (χ2n) is 5.54. The average molecular weight is 317 g/mol. The number of carbonyl (C=O) groups is 1. The molecule has 0 atom stereocenters. The summed E-state index contributed by atoms with van der Waals surface area (Å²) in [6, 6.07) is 17.6. The lowest BCUT2D eigenvalue weighted by Gasteiger charge is -2.26. The monoisotopic (exact) mass is 316 g/mol. The molecular weight excluding hydrogens is 296 g/mol. The Morgan fingerprint density at radius 1 is 1.14 bits per heavy atom. The molecule has 2 aromatic rings. The van der Waals surface area contributed by atoms with E-state index < -0.39 is 0 Å². The van der Waals surface area contributed by atoms with Crippen LogP contribution in [0.2, 0.25) is 5.02 Å². The third-order valence-electron chi connectivity index (χ3n) is 3.41. The Hall–Kier alpha value is -1.84. The summed E-state index contributed by atoms with van der Waals surface area (Å²) in [5, 5.41) is 3.50. The van der Waals surface area contributed by atoms with Gasteiger partial charge in [0, 0.05) is 23.3 Å². The first-order valence-electron chi connectivity index (χ1n) is 7.38. The highest BCUT2D eigenvalue weighted by Gasteiger charge is 2.14. The summed E-state index contributed by atoms with van der Waals surface area (Å²) in [4.78, 5) is 14.4. The topological polar surface area (TPSA) is 32.3 Å². The number of hydrogen-bond acceptors (Lipinski definition) is 2. The lowest BCUT2D eigenvalue weighted by atomic mass is 10.2. The molecule has 116 valence electrons. The molecule has 0 aliphatic carbocycles. The maximum Gasteiger partial charge on any atom is 0.238 e. The molecule has 0 aliphatic rings. The normalized spacial score (nSPS) is 11.0. The first kappa shape index (κ1) is 16.5. The molecule has 2 rings (SSSR count). The van der Waals surface area contributed by atoms with Gasteiger partial charge in [0.25, 0.3) is 0 Å². The molecule has 0 heterocycles. The Morgan fingerprint density at radius 3 is 2.50 bits per heavy atom. The van der Waals surface area contributed by atoms with Crippen LogP contribution in [-0.2, 0) is 11.3 Å². The van der Waals surface area contributed by atoms with Crippen molar-refractivity contribution in [2.75, 3.05) is 11.9 Å². The number of benzene rings is 2. The molecular formula is C18H21ClN2O. The number of halogens is 1. The summed E-state index contributed by atoms with van der Waals surface area (Å²) >= 11 is 5.93. The van der Waals surface area contributed by atoms with E-state index in [0.717, 1.165) is 12.2 Å². The lowest BCUT2D eigenvalue weighted by Crippen LogP contribution is -2.37. The van der Waals surface area contributed by atoms with Crippen LogP contribution in [-0.4, -0.2) is 23.4 Å². The lowest BCUT2D eigenvalue weighted by molar-refractivity contribution is -0.117. The summed E-state index contributed by atoms with van der Waals surface area (Å²) in [6.07, 6.45) is 0. The van der Waals surface area contributed by atoms with Crippen LogP contribution in [0.4, 0.5) is 5.69 Å². The number of rotatable bonds is 6. The van der Waals surface area contributed by atoms with Gasteiger partial charge >= 0.3 is 0 Å². The molecule has 0 saturated carbocycles. The van der Waals surface area contributed by atoms with Gasteiger partial charge in [0.15, 0.2) is 0 Å². The molecule has 2 aromatic carbocycles. The van der Waals surface area contributed by atoms with Crippen molar-refractivity contribution in [3.05, 3.63) is 65.2 Å². The van der Waals surface area contributed by atoms with Crippen LogP contribution in [0.1, 0.15) is 19.4 Å². The fraction of sp³-hybridized carbons (Fsp3) is 0.278. The number of carbonyl (C=O) groups excluding carboxylic acids is 1. The molecule has 3 nitrogen and oxygen atoms in total. The Bertz CT molecular complexity index is 613. The molecule has 0 bridgehead atoms. The van der Waals surface area contributed by atoms with Crippen molar-refractivity contribution in [2.24, 2.45) is 0 Å². The highest BCUT2D eigenvalue weighted by molar-refractivity contribution is 6.30. The van der Waals surface area contributed by atoms with Crippen molar-refractivity contribution in [3.63, 3.8) is 0 Å². The molecule has 0 aliphatic heterocycles. The summed E-state index contributed by atoms with van der Waals surface area (Å²) < 4.78 is 0.